The van der Waals surface area contributed by atoms with Crippen LogP contribution in [-0.4, -0.2) is 54.3 Å². The average molecular weight is 531 g/mol. The number of nitrogens with one attached hydrogen (secondary N) is 1. The molecule has 1 amide bonds. The number of amides is 1. The first-order chi connectivity index (χ1) is 16.3. The predicted molar refractivity (Wildman–Crippen MR) is 130 cm³/mol. The van der Waals surface area contributed by atoms with E-state index in [1.165, 1.54) is 6.07 Å². The summed E-state index contributed by atoms with van der Waals surface area (Å²) in [5, 5.41) is 19.9. The zero-order valence-electron chi connectivity index (χ0n) is 19.3. The molecule has 0 aliphatic rings. The molecule has 0 heterocycles. The van der Waals surface area contributed by atoms with Crippen molar-refractivity contribution in [2.75, 3.05) is 18.5 Å². The van der Waals surface area contributed by atoms with E-state index in [1.54, 1.807) is 24.3 Å². The fraction of sp³-hybridized carbons (Fsp3) is 0.409. The molecule has 0 aliphatic heterocycles. The van der Waals surface area contributed by atoms with Crippen LogP contribution in [0.1, 0.15) is 49.7 Å². The van der Waals surface area contributed by atoms with Crippen molar-refractivity contribution >= 4 is 26.8 Å². The van der Waals surface area contributed by atoms with Crippen LogP contribution in [0.5, 0.6) is 11.5 Å². The van der Waals surface area contributed by atoms with Crippen molar-refractivity contribution in [3.8, 4) is 11.5 Å². The van der Waals surface area contributed by atoms with Gasteiger partial charge in [0.05, 0.1) is 12.3 Å². The topological polar surface area (TPSA) is 194 Å². The number of carbonyl (C=O) groups excluding carboxylic acids is 1. The normalized spacial score (nSPS) is 14.0. The highest BCUT2D eigenvalue weighted by molar-refractivity contribution is 7.70. The standard InChI is InChI=1S/C22H31NO10P2/c1-3-17(14-5-8-16(24)9-6-14)18(4-2)15-7-10-20(25)19(11-15)23-21(26)12-33-13-22(34(27,28)29)35(30,31)32/h5-11,17-18,22,24-25H,3-4,12-13H2,1-2H3,(H,23,26)(H2,27,28,29)(H2,30,31,32). The van der Waals surface area contributed by atoms with Crippen LogP contribution in [0.15, 0.2) is 42.5 Å². The summed E-state index contributed by atoms with van der Waals surface area (Å²) in [6.45, 7) is 2.29. The Morgan fingerprint density at radius 2 is 1.40 bits per heavy atom. The molecule has 0 aliphatic carbocycles. The fourth-order valence-electron chi connectivity index (χ4n) is 3.94. The zero-order chi connectivity index (χ0) is 26.4. The van der Waals surface area contributed by atoms with Crippen LogP contribution in [0.3, 0.4) is 0 Å². The number of hydrogen-bond donors (Lipinski definition) is 7. The van der Waals surface area contributed by atoms with Gasteiger partial charge in [0.2, 0.25) is 5.91 Å². The molecule has 13 heteroatoms. The minimum absolute atomic E-state index is 0.0318. The molecular formula is C22H31NO10P2. The Hall–Kier alpha value is -2.23. The third-order valence-electron chi connectivity index (χ3n) is 5.69. The first-order valence-corrected chi connectivity index (χ1v) is 14.2. The highest BCUT2D eigenvalue weighted by Gasteiger charge is 2.43. The minimum atomic E-state index is -5.17. The molecule has 11 nitrogen and oxygen atoms in total. The van der Waals surface area contributed by atoms with Gasteiger partial charge in [-0.05, 0) is 60.1 Å². The fourth-order valence-corrected chi connectivity index (χ4v) is 6.11. The van der Waals surface area contributed by atoms with E-state index in [1.807, 2.05) is 26.0 Å². The van der Waals surface area contributed by atoms with Crippen LogP contribution in [0.25, 0.3) is 0 Å². The monoisotopic (exact) mass is 531 g/mol. The number of aromatic hydroxyl groups is 2. The predicted octanol–water partition coefficient (Wildman–Crippen LogP) is 3.42. The Morgan fingerprint density at radius 1 is 0.886 bits per heavy atom. The summed E-state index contributed by atoms with van der Waals surface area (Å²) in [6.07, 6.45) is 1.56. The smallest absolute Gasteiger partial charge is 0.343 e. The van der Waals surface area contributed by atoms with Crippen molar-refractivity contribution in [2.24, 2.45) is 0 Å². The van der Waals surface area contributed by atoms with Gasteiger partial charge >= 0.3 is 15.2 Å². The molecule has 194 valence electrons. The second-order valence-corrected chi connectivity index (χ2v) is 12.1. The largest absolute Gasteiger partial charge is 0.508 e. The molecule has 0 radical (unpaired) electrons. The molecule has 35 heavy (non-hydrogen) atoms. The van der Waals surface area contributed by atoms with Crippen LogP contribution in [0, 0.1) is 0 Å². The molecule has 2 unspecified atom stereocenters. The number of benzene rings is 2. The van der Waals surface area contributed by atoms with E-state index in [9.17, 15) is 24.1 Å². The lowest BCUT2D eigenvalue weighted by Crippen LogP contribution is -2.23. The summed E-state index contributed by atoms with van der Waals surface area (Å²) >= 11 is 0. The summed E-state index contributed by atoms with van der Waals surface area (Å²) in [6, 6.07) is 11.8. The van der Waals surface area contributed by atoms with Crippen LogP contribution in [0.2, 0.25) is 0 Å². The maximum absolute atomic E-state index is 12.3. The van der Waals surface area contributed by atoms with Gasteiger partial charge in [-0.2, -0.15) is 0 Å². The van der Waals surface area contributed by atoms with Crippen molar-refractivity contribution in [1.82, 2.24) is 0 Å². The highest BCUT2D eigenvalue weighted by Crippen LogP contribution is 2.59. The number of anilines is 1. The van der Waals surface area contributed by atoms with Crippen molar-refractivity contribution in [3.05, 3.63) is 53.6 Å². The molecule has 2 rings (SSSR count). The Morgan fingerprint density at radius 3 is 1.91 bits per heavy atom. The summed E-state index contributed by atoms with van der Waals surface area (Å²) in [7, 11) is -10.3. The van der Waals surface area contributed by atoms with Gasteiger partial charge in [-0.1, -0.05) is 32.0 Å². The Bertz CT molecular complexity index is 1070. The van der Waals surface area contributed by atoms with Gasteiger partial charge in [-0.3, -0.25) is 13.9 Å². The lowest BCUT2D eigenvalue weighted by Gasteiger charge is -2.27. The molecule has 2 aromatic rings. The Balaban J connectivity index is 2.14. The van der Waals surface area contributed by atoms with E-state index in [-0.39, 0.29) is 29.0 Å². The van der Waals surface area contributed by atoms with Crippen LogP contribution in [-0.2, 0) is 18.7 Å². The minimum Gasteiger partial charge on any atom is -0.508 e. The summed E-state index contributed by atoms with van der Waals surface area (Å²) in [5.41, 5.74) is 1.98. The third kappa shape index (κ3) is 8.15. The Labute approximate surface area is 203 Å². The number of phenolic OH excluding ortho intramolecular Hbond substituents is 2. The van der Waals surface area contributed by atoms with Crippen molar-refractivity contribution < 1.29 is 48.4 Å². The van der Waals surface area contributed by atoms with Gasteiger partial charge in [0, 0.05) is 0 Å². The second-order valence-electron chi connectivity index (χ2n) is 8.12. The van der Waals surface area contributed by atoms with Gasteiger partial charge in [-0.25, -0.2) is 0 Å². The van der Waals surface area contributed by atoms with E-state index in [2.05, 4.69) is 5.32 Å². The number of ether oxygens (including phenoxy) is 1. The first kappa shape index (κ1) is 29.0. The van der Waals surface area contributed by atoms with Gasteiger partial charge in [0.1, 0.15) is 18.1 Å². The van der Waals surface area contributed by atoms with Gasteiger partial charge in [0.25, 0.3) is 0 Å². The molecule has 7 N–H and O–H groups in total. The zero-order valence-corrected chi connectivity index (χ0v) is 21.1. The van der Waals surface area contributed by atoms with Gasteiger partial charge < -0.3 is 39.8 Å². The molecule has 0 saturated heterocycles. The quantitative estimate of drug-likeness (QED) is 0.158. The van der Waals surface area contributed by atoms with E-state index in [0.717, 1.165) is 24.0 Å². The maximum atomic E-state index is 12.3. The molecule has 2 atom stereocenters. The summed E-state index contributed by atoms with van der Waals surface area (Å²) in [5.74, 6) is -0.691. The Kier molecular flexibility index (Phi) is 10.1. The van der Waals surface area contributed by atoms with E-state index in [4.69, 9.17) is 24.3 Å². The number of carbonyl (C=O) groups is 1. The molecule has 0 saturated carbocycles. The lowest BCUT2D eigenvalue weighted by atomic mass is 9.78. The van der Waals surface area contributed by atoms with Crippen molar-refractivity contribution in [1.29, 1.82) is 0 Å². The average Bonchev–Trinajstić information content (AvgIpc) is 2.75. The molecule has 0 spiro atoms. The SMILES string of the molecule is CCC(c1ccc(O)cc1)C(CC)c1ccc(O)c(NC(=O)COCC(P(=O)(O)O)P(=O)(O)O)c1. The lowest BCUT2D eigenvalue weighted by molar-refractivity contribution is -0.120. The van der Waals surface area contributed by atoms with Crippen LogP contribution >= 0.6 is 15.2 Å². The van der Waals surface area contributed by atoms with Crippen molar-refractivity contribution in [3.63, 3.8) is 0 Å². The first-order valence-electron chi connectivity index (χ1n) is 10.9. The molecule has 0 aromatic heterocycles. The number of rotatable bonds is 12. The van der Waals surface area contributed by atoms with Crippen molar-refractivity contribution in [2.45, 2.75) is 43.9 Å². The number of hydrogen-bond acceptors (Lipinski definition) is 6. The third-order valence-corrected chi connectivity index (χ3v) is 9.34. The van der Waals surface area contributed by atoms with E-state index < -0.39 is 39.7 Å². The second kappa shape index (κ2) is 12.1. The van der Waals surface area contributed by atoms with Crippen LogP contribution < -0.4 is 5.32 Å². The summed E-state index contributed by atoms with van der Waals surface area (Å²) < 4.78 is 27.4. The van der Waals surface area contributed by atoms with E-state index >= 15 is 0 Å². The molecule has 2 aromatic carbocycles. The maximum Gasteiger partial charge on any atom is 0.343 e. The summed E-state index contributed by atoms with van der Waals surface area (Å²) in [4.78, 5) is 48.7. The molecular weight excluding hydrogens is 500 g/mol. The molecule has 0 fully saturated rings. The van der Waals surface area contributed by atoms with Gasteiger partial charge in [-0.15, -0.1) is 0 Å². The number of phenols is 2. The van der Waals surface area contributed by atoms with E-state index in [0.29, 0.717) is 0 Å². The van der Waals surface area contributed by atoms with Crippen LogP contribution in [0.4, 0.5) is 5.69 Å². The van der Waals surface area contributed by atoms with Gasteiger partial charge in [0.15, 0.2) is 5.40 Å². The molecule has 0 bridgehead atoms. The highest BCUT2D eigenvalue weighted by atomic mass is 31.2.